The number of hydrogen-bond donors (Lipinski definition) is 0. The van der Waals surface area contributed by atoms with E-state index in [-0.39, 0.29) is 18.0 Å². The summed E-state index contributed by atoms with van der Waals surface area (Å²) in [4.78, 5) is 13.3. The lowest BCUT2D eigenvalue weighted by molar-refractivity contribution is -0.111. The van der Waals surface area contributed by atoms with Crippen LogP contribution in [0, 0.1) is 0 Å². The largest absolute Gasteiger partial charge is 0.490 e. The molecule has 0 bridgehead atoms. The molecule has 0 N–H and O–H groups in total. The molecule has 5 heteroatoms. The molecule has 5 rings (SSSR count). The summed E-state index contributed by atoms with van der Waals surface area (Å²) < 4.78 is 24.2. The molecular weight excluding hydrogens is 476 g/mol. The number of allylic oxidation sites excluding steroid dienone is 2. The van der Waals surface area contributed by atoms with Gasteiger partial charge in [0, 0.05) is 11.1 Å². The number of hydrogen-bond acceptors (Lipinski definition) is 5. The second-order valence-corrected chi connectivity index (χ2v) is 10.5. The van der Waals surface area contributed by atoms with Gasteiger partial charge < -0.3 is 18.9 Å². The number of carbonyl (C=O) groups excluding carboxylic acids is 1. The molecule has 0 unspecified atom stereocenters. The van der Waals surface area contributed by atoms with Gasteiger partial charge in [-0.05, 0) is 126 Å². The SMILES string of the molecule is CCOc1cc(C=C2CCC(=Cc3ccc(OC4CCCC4)c(OCC)c3)C2=O)ccc1OC1CCCC1. The van der Waals surface area contributed by atoms with Crippen LogP contribution in [0.3, 0.4) is 0 Å². The van der Waals surface area contributed by atoms with Crippen LogP contribution in [0.25, 0.3) is 12.2 Å². The molecule has 3 saturated carbocycles. The summed E-state index contributed by atoms with van der Waals surface area (Å²) in [5.41, 5.74) is 3.58. The molecule has 5 nitrogen and oxygen atoms in total. The van der Waals surface area contributed by atoms with E-state index in [4.69, 9.17) is 18.9 Å². The quantitative estimate of drug-likeness (QED) is 0.300. The summed E-state index contributed by atoms with van der Waals surface area (Å²) in [6.45, 7) is 5.10. The molecule has 202 valence electrons. The van der Waals surface area contributed by atoms with Crippen molar-refractivity contribution in [3.8, 4) is 23.0 Å². The number of carbonyl (C=O) groups is 1. The average Bonchev–Trinajstić information content (AvgIpc) is 3.68. The van der Waals surface area contributed by atoms with E-state index < -0.39 is 0 Å². The van der Waals surface area contributed by atoms with Crippen LogP contribution in [0.15, 0.2) is 47.5 Å². The number of benzene rings is 2. The van der Waals surface area contributed by atoms with E-state index in [0.29, 0.717) is 13.2 Å². The van der Waals surface area contributed by atoms with E-state index in [2.05, 4.69) is 0 Å². The Balaban J connectivity index is 1.31. The number of ketones is 1. The van der Waals surface area contributed by atoms with Crippen molar-refractivity contribution in [2.75, 3.05) is 13.2 Å². The molecule has 2 aromatic rings. The highest BCUT2D eigenvalue weighted by molar-refractivity contribution is 6.15. The number of Topliss-reactive ketones (excluding diaryl/α,β-unsaturated/α-hetero) is 1. The number of ether oxygens (including phenoxy) is 4. The van der Waals surface area contributed by atoms with Gasteiger partial charge in [0.15, 0.2) is 28.8 Å². The minimum Gasteiger partial charge on any atom is -0.490 e. The smallest absolute Gasteiger partial charge is 0.185 e. The lowest BCUT2D eigenvalue weighted by atomic mass is 10.1. The predicted molar refractivity (Wildman–Crippen MR) is 151 cm³/mol. The van der Waals surface area contributed by atoms with Crippen LogP contribution in [-0.2, 0) is 4.79 Å². The fraction of sp³-hybridized carbons (Fsp3) is 0.485. The Morgan fingerprint density at radius 3 is 1.47 bits per heavy atom. The molecule has 0 radical (unpaired) electrons. The highest BCUT2D eigenvalue weighted by Crippen LogP contribution is 2.37. The van der Waals surface area contributed by atoms with Gasteiger partial charge in [-0.25, -0.2) is 0 Å². The maximum Gasteiger partial charge on any atom is 0.185 e. The van der Waals surface area contributed by atoms with Crippen LogP contribution in [0.2, 0.25) is 0 Å². The Bertz CT molecular complexity index is 1090. The molecule has 3 aliphatic rings. The van der Waals surface area contributed by atoms with Crippen LogP contribution < -0.4 is 18.9 Å². The van der Waals surface area contributed by atoms with Crippen molar-refractivity contribution in [2.24, 2.45) is 0 Å². The third-order valence-corrected chi connectivity index (χ3v) is 7.66. The van der Waals surface area contributed by atoms with E-state index in [0.717, 1.165) is 83.8 Å². The van der Waals surface area contributed by atoms with Gasteiger partial charge in [-0.2, -0.15) is 0 Å². The third-order valence-electron chi connectivity index (χ3n) is 7.66. The zero-order valence-corrected chi connectivity index (χ0v) is 22.8. The van der Waals surface area contributed by atoms with Crippen LogP contribution in [-0.4, -0.2) is 31.2 Å². The highest BCUT2D eigenvalue weighted by Gasteiger charge is 2.24. The minimum absolute atomic E-state index is 0.110. The zero-order valence-electron chi connectivity index (χ0n) is 22.8. The lowest BCUT2D eigenvalue weighted by Crippen LogP contribution is -2.12. The Morgan fingerprint density at radius 1 is 0.658 bits per heavy atom. The topological polar surface area (TPSA) is 54.0 Å². The molecule has 0 saturated heterocycles. The molecular formula is C33H40O5. The van der Waals surface area contributed by atoms with Crippen LogP contribution in [0.4, 0.5) is 0 Å². The van der Waals surface area contributed by atoms with Gasteiger partial charge in [-0.3, -0.25) is 4.79 Å². The Kier molecular flexibility index (Phi) is 8.72. The summed E-state index contributed by atoms with van der Waals surface area (Å²) in [7, 11) is 0. The maximum absolute atomic E-state index is 13.3. The van der Waals surface area contributed by atoms with Crippen molar-refractivity contribution in [3.05, 3.63) is 58.7 Å². The van der Waals surface area contributed by atoms with Crippen molar-refractivity contribution >= 4 is 17.9 Å². The summed E-state index contributed by atoms with van der Waals surface area (Å²) in [6, 6.07) is 12.0. The normalized spacial score (nSPS) is 20.5. The van der Waals surface area contributed by atoms with Gasteiger partial charge >= 0.3 is 0 Å². The van der Waals surface area contributed by atoms with Crippen LogP contribution >= 0.6 is 0 Å². The van der Waals surface area contributed by atoms with E-state index >= 15 is 0 Å². The molecule has 0 heterocycles. The third kappa shape index (κ3) is 6.43. The second-order valence-electron chi connectivity index (χ2n) is 10.5. The Hall–Kier alpha value is -3.21. The molecule has 3 fully saturated rings. The van der Waals surface area contributed by atoms with Gasteiger partial charge in [-0.1, -0.05) is 12.1 Å². The van der Waals surface area contributed by atoms with E-state index in [1.54, 1.807) is 0 Å². The molecule has 0 spiro atoms. The first-order valence-electron chi connectivity index (χ1n) is 14.5. The highest BCUT2D eigenvalue weighted by atomic mass is 16.5. The summed E-state index contributed by atoms with van der Waals surface area (Å²) in [5, 5.41) is 0. The van der Waals surface area contributed by atoms with Crippen LogP contribution in [0.1, 0.15) is 89.2 Å². The monoisotopic (exact) mass is 516 g/mol. The first-order chi connectivity index (χ1) is 18.6. The van der Waals surface area contributed by atoms with E-state index in [1.165, 1.54) is 25.7 Å². The zero-order chi connectivity index (χ0) is 26.3. The Labute approximate surface area is 226 Å². The van der Waals surface area contributed by atoms with Gasteiger partial charge in [0.1, 0.15) is 0 Å². The predicted octanol–water partition coefficient (Wildman–Crippen LogP) is 7.96. The summed E-state index contributed by atoms with van der Waals surface area (Å²) in [5.74, 6) is 3.20. The van der Waals surface area contributed by atoms with Gasteiger partial charge in [0.25, 0.3) is 0 Å². The van der Waals surface area contributed by atoms with Crippen molar-refractivity contribution in [3.63, 3.8) is 0 Å². The van der Waals surface area contributed by atoms with Crippen molar-refractivity contribution in [2.45, 2.75) is 90.3 Å². The van der Waals surface area contributed by atoms with Crippen molar-refractivity contribution < 1.29 is 23.7 Å². The molecule has 0 aromatic heterocycles. The standard InChI is InChI=1S/C33H40O5/c1-3-35-31-21-23(13-17-29(31)37-27-9-5-6-10-27)19-25-15-16-26(33(25)34)20-24-14-18-30(32(22-24)36-4-2)38-28-11-7-8-12-28/h13-14,17-22,27-28H,3-12,15-16H2,1-2H3. The molecule has 38 heavy (non-hydrogen) atoms. The molecule has 2 aromatic carbocycles. The first-order valence-corrected chi connectivity index (χ1v) is 14.5. The maximum atomic E-state index is 13.3. The lowest BCUT2D eigenvalue weighted by Gasteiger charge is -2.17. The van der Waals surface area contributed by atoms with Crippen LogP contribution in [0.5, 0.6) is 23.0 Å². The van der Waals surface area contributed by atoms with E-state index in [9.17, 15) is 4.79 Å². The van der Waals surface area contributed by atoms with Gasteiger partial charge in [0.2, 0.25) is 0 Å². The first kappa shape index (κ1) is 26.4. The van der Waals surface area contributed by atoms with E-state index in [1.807, 2.05) is 62.4 Å². The second kappa shape index (κ2) is 12.6. The number of rotatable bonds is 10. The Morgan fingerprint density at radius 2 is 1.08 bits per heavy atom. The fourth-order valence-corrected chi connectivity index (χ4v) is 5.71. The van der Waals surface area contributed by atoms with Gasteiger partial charge in [0.05, 0.1) is 25.4 Å². The fourth-order valence-electron chi connectivity index (χ4n) is 5.71. The molecule has 0 atom stereocenters. The molecule has 3 aliphatic carbocycles. The minimum atomic E-state index is 0.110. The summed E-state index contributed by atoms with van der Waals surface area (Å²) >= 11 is 0. The molecule has 0 aliphatic heterocycles. The average molecular weight is 517 g/mol. The summed E-state index contributed by atoms with van der Waals surface area (Å²) in [6.07, 6.45) is 15.3. The van der Waals surface area contributed by atoms with Crippen molar-refractivity contribution in [1.29, 1.82) is 0 Å². The molecule has 0 amide bonds. The van der Waals surface area contributed by atoms with Gasteiger partial charge in [-0.15, -0.1) is 0 Å². The van der Waals surface area contributed by atoms with Crippen molar-refractivity contribution in [1.82, 2.24) is 0 Å².